The third kappa shape index (κ3) is 0.0346. The summed E-state index contributed by atoms with van der Waals surface area (Å²) < 4.78 is 13.3. The van der Waals surface area contributed by atoms with E-state index in [1.807, 2.05) is 11.8 Å². The van der Waals surface area contributed by atoms with Gasteiger partial charge in [0, 0.05) is 0 Å². The summed E-state index contributed by atoms with van der Waals surface area (Å²) in [4.78, 5) is 0. The SMILES string of the molecule is N#CS[C]12[CH]3[CH]4[CH]5[CH]1[Ru]45321678[CH]2[CH]1[CH]6[CH]7[CH]28. The molecule has 0 bridgehead atoms. The summed E-state index contributed by atoms with van der Waals surface area (Å²) >= 11 is 1.86. The molecule has 0 saturated carbocycles. The van der Waals surface area contributed by atoms with Gasteiger partial charge in [-0.2, -0.15) is 0 Å². The second-order valence-corrected chi connectivity index (χ2v) is 48.5. The molecule has 10 saturated heterocycles. The van der Waals surface area contributed by atoms with E-state index in [1.54, 1.807) is 0 Å². The maximum absolute atomic E-state index is 9.15. The topological polar surface area (TPSA) is 23.8 Å². The van der Waals surface area contributed by atoms with E-state index in [9.17, 15) is 0 Å². The Labute approximate surface area is 73.9 Å². The molecule has 10 fully saturated rings. The quantitative estimate of drug-likeness (QED) is 0.544. The van der Waals surface area contributed by atoms with Crippen LogP contribution in [0.15, 0.2) is 0 Å². The van der Waals surface area contributed by atoms with Crippen LogP contribution in [0.2, 0.25) is 40.6 Å². The molecule has 0 radical (unpaired) electrons. The van der Waals surface area contributed by atoms with Crippen molar-refractivity contribution < 1.29 is 7.72 Å². The Morgan fingerprint density at radius 1 is 0.929 bits per heavy atom. The molecular formula is C11H9NRuS. The molecule has 0 aliphatic carbocycles. The van der Waals surface area contributed by atoms with E-state index in [2.05, 4.69) is 5.40 Å². The number of hydrogen-bond acceptors (Lipinski definition) is 2. The number of nitrogens with zero attached hydrogens (tertiary/aromatic N) is 1. The summed E-state index contributed by atoms with van der Waals surface area (Å²) in [6, 6.07) is 0. The van der Waals surface area contributed by atoms with Gasteiger partial charge in [-0.15, -0.1) is 0 Å². The van der Waals surface area contributed by atoms with Crippen LogP contribution in [0.5, 0.6) is 0 Å². The van der Waals surface area contributed by atoms with Crippen LogP contribution in [0.3, 0.4) is 0 Å². The first-order valence-electron chi connectivity index (χ1n) is 5.89. The van der Waals surface area contributed by atoms with E-state index in [1.165, 1.54) is 40.6 Å². The van der Waals surface area contributed by atoms with Crippen molar-refractivity contribution in [2.75, 3.05) is 0 Å². The van der Waals surface area contributed by atoms with E-state index >= 15 is 0 Å². The number of nitriles is 1. The Morgan fingerprint density at radius 3 is 1.64 bits per heavy atom. The fourth-order valence-corrected chi connectivity index (χ4v) is 160. The first kappa shape index (κ1) is 4.76. The summed E-state index contributed by atoms with van der Waals surface area (Å²) in [5, 5.41) is 11.7. The normalized spacial score (nSPS) is 142. The molecule has 3 heteroatoms. The van der Waals surface area contributed by atoms with Gasteiger partial charge in [0.2, 0.25) is 0 Å². The summed E-state index contributed by atoms with van der Waals surface area (Å²) in [6.45, 7) is 0. The maximum atomic E-state index is 9.15. The van der Waals surface area contributed by atoms with E-state index < -0.39 is 7.72 Å². The van der Waals surface area contributed by atoms with E-state index in [-0.39, 0.29) is 0 Å². The predicted molar refractivity (Wildman–Crippen MR) is 49.7 cm³/mol. The second kappa shape index (κ2) is 0.323. The van der Waals surface area contributed by atoms with Crippen molar-refractivity contribution in [1.82, 2.24) is 0 Å². The zero-order valence-electron chi connectivity index (χ0n) is 7.41. The summed E-state index contributed by atoms with van der Waals surface area (Å²) in [5.74, 6) is 0. The molecule has 1 nitrogen and oxygen atoms in total. The number of thioether (sulfide) groups is 1. The first-order chi connectivity index (χ1) is 6.61. The average molecular weight is 288 g/mol. The van der Waals surface area contributed by atoms with Crippen LogP contribution < -0.4 is 0 Å². The third-order valence-electron chi connectivity index (χ3n) is 14.7. The standard InChI is InChI=1S/C6H4NS.C5H5.Ru/c7-5-8-6-3-1-2-4-6;1-2-4-5-3-1;/h1-4H;1-5H;. The molecule has 10 rings (SSSR count). The molecule has 0 amide bonds. The second-order valence-electron chi connectivity index (χ2n) is 9.80. The van der Waals surface area contributed by atoms with Crippen molar-refractivity contribution >= 4 is 11.8 Å². The summed E-state index contributed by atoms with van der Waals surface area (Å²) in [5.41, 5.74) is 0. The molecule has 0 aromatic rings. The van der Waals surface area contributed by atoms with Crippen molar-refractivity contribution in [2.45, 2.75) is 44.0 Å². The van der Waals surface area contributed by atoms with Crippen LogP contribution in [0.25, 0.3) is 0 Å². The molecular weight excluding hydrogens is 279 g/mol. The van der Waals surface area contributed by atoms with Gasteiger partial charge in [0.25, 0.3) is 0 Å². The molecule has 1 spiro atoms. The molecule has 14 heavy (non-hydrogen) atoms. The number of rotatable bonds is 1. The van der Waals surface area contributed by atoms with Gasteiger partial charge in [-0.05, 0) is 0 Å². The third-order valence-corrected chi connectivity index (χ3v) is 87.1. The van der Waals surface area contributed by atoms with Crippen molar-refractivity contribution in [3.63, 3.8) is 0 Å². The molecule has 4 atom stereocenters. The predicted octanol–water partition coefficient (Wildman–Crippen LogP) is 3.50. The fraction of sp³-hybridized carbons (Fsp3) is 0.909. The van der Waals surface area contributed by atoms with Gasteiger partial charge in [-0.1, -0.05) is 0 Å². The van der Waals surface area contributed by atoms with Crippen molar-refractivity contribution in [1.29, 1.82) is 5.26 Å². The number of hydrogen-bond donors (Lipinski definition) is 0. The van der Waals surface area contributed by atoms with Crippen LogP contribution >= 0.6 is 11.8 Å². The minimum absolute atomic E-state index is 0.817. The van der Waals surface area contributed by atoms with Gasteiger partial charge in [-0.25, -0.2) is 0 Å². The molecule has 10 aliphatic rings. The van der Waals surface area contributed by atoms with Crippen molar-refractivity contribution in [3.8, 4) is 5.40 Å². The van der Waals surface area contributed by atoms with Crippen LogP contribution in [-0.4, -0.2) is 3.34 Å². The van der Waals surface area contributed by atoms with Gasteiger partial charge in [0.1, 0.15) is 0 Å². The number of fused-ring (bicyclic) bond motifs is 10. The Balaban J connectivity index is 1.90. The first-order valence-corrected chi connectivity index (χ1v) is 16.6. The van der Waals surface area contributed by atoms with Crippen molar-refractivity contribution in [2.24, 2.45) is 0 Å². The molecule has 0 N–H and O–H groups in total. The van der Waals surface area contributed by atoms with E-state index in [0.29, 0.717) is 0 Å². The molecule has 10 heterocycles. The van der Waals surface area contributed by atoms with Crippen LogP contribution in [0.4, 0.5) is 0 Å². The summed E-state index contributed by atoms with van der Waals surface area (Å²) in [6.07, 6.45) is 0. The van der Waals surface area contributed by atoms with Crippen molar-refractivity contribution in [3.05, 3.63) is 0 Å². The Kier molecular flexibility index (Phi) is 0.110. The Bertz CT molecular complexity index is 860. The Morgan fingerprint density at radius 2 is 1.43 bits per heavy atom. The molecule has 0 aromatic carbocycles. The Hall–Kier alpha value is 0.463. The van der Waals surface area contributed by atoms with Gasteiger partial charge in [0.05, 0.1) is 0 Å². The van der Waals surface area contributed by atoms with Gasteiger partial charge < -0.3 is 0 Å². The van der Waals surface area contributed by atoms with Gasteiger partial charge in [-0.3, -0.25) is 0 Å². The average Bonchev–Trinajstić information content (AvgIpc) is 3.14. The van der Waals surface area contributed by atoms with Crippen LogP contribution in [0, 0.1) is 10.7 Å². The molecule has 72 valence electrons. The molecule has 10 aliphatic heterocycles. The zero-order chi connectivity index (χ0) is 8.43. The van der Waals surface area contributed by atoms with Crippen LogP contribution in [0.1, 0.15) is 0 Å². The minimum atomic E-state index is -3.07. The van der Waals surface area contributed by atoms with Gasteiger partial charge >= 0.3 is 74.1 Å². The van der Waals surface area contributed by atoms with E-state index in [0.717, 1.165) is 3.34 Å². The monoisotopic (exact) mass is 289 g/mol. The number of thiocyanates is 1. The summed E-state index contributed by atoms with van der Waals surface area (Å²) in [7, 11) is -3.07. The van der Waals surface area contributed by atoms with Crippen LogP contribution in [-0.2, 0) is 7.72 Å². The fourth-order valence-electron chi connectivity index (χ4n) is 16.3. The van der Waals surface area contributed by atoms with E-state index in [4.69, 9.17) is 5.26 Å². The molecule has 4 unspecified atom stereocenters. The van der Waals surface area contributed by atoms with Gasteiger partial charge in [0.15, 0.2) is 0 Å². The molecule has 0 aromatic heterocycles. The zero-order valence-corrected chi connectivity index (χ0v) is 9.96.